The third-order valence-corrected chi connectivity index (χ3v) is 1.54. The Morgan fingerprint density at radius 3 is 2.62 bits per heavy atom. The van der Waals surface area contributed by atoms with Crippen LogP contribution in [0.15, 0.2) is 28.4 Å². The van der Waals surface area contributed by atoms with Crippen LogP contribution in [0.3, 0.4) is 0 Å². The van der Waals surface area contributed by atoms with E-state index in [-0.39, 0.29) is 28.6 Å². The summed E-state index contributed by atoms with van der Waals surface area (Å²) in [6.45, 7) is 0. The van der Waals surface area contributed by atoms with E-state index in [0.29, 0.717) is 0 Å². The molecule has 0 bridgehead atoms. The molecule has 0 fully saturated rings. The van der Waals surface area contributed by atoms with Crippen LogP contribution in [0.4, 0.5) is 11.6 Å². The van der Waals surface area contributed by atoms with E-state index in [2.05, 4.69) is 30.9 Å². The molecular weight excluding hydrogens is 216 g/mol. The lowest BCUT2D eigenvalue weighted by atomic mass is 10.3. The Morgan fingerprint density at radius 1 is 1.19 bits per heavy atom. The molecule has 5 N–H and O–H groups in total. The van der Waals surface area contributed by atoms with Gasteiger partial charge in [0.05, 0.1) is 0 Å². The third-order valence-electron chi connectivity index (χ3n) is 1.54. The van der Waals surface area contributed by atoms with Gasteiger partial charge < -0.3 is 15.7 Å². The molecule has 1 heterocycles. The van der Waals surface area contributed by atoms with Crippen molar-refractivity contribution in [3.8, 4) is 11.5 Å². The number of rotatable bonds is 2. The first-order chi connectivity index (χ1) is 7.25. The number of azo groups is 1. The topological polar surface area (TPSA) is 151 Å². The van der Waals surface area contributed by atoms with Crippen LogP contribution >= 0.6 is 0 Å². The van der Waals surface area contributed by atoms with Gasteiger partial charge in [0.25, 0.3) is 0 Å². The molecule has 0 spiro atoms. The average Bonchev–Trinajstić information content (AvgIpc) is 2.69. The Labute approximate surface area is 88.8 Å². The second-order valence-corrected chi connectivity index (χ2v) is 2.58. The van der Waals surface area contributed by atoms with Crippen LogP contribution in [0, 0.1) is 0 Å². The largest absolute Gasteiger partial charge is 0.508 e. The zero-order valence-corrected chi connectivity index (χ0v) is 7.86. The molecule has 16 heavy (non-hydrogen) atoms. The molecule has 2 rings (SSSR count). The number of phenols is 2. The predicted octanol–water partition coefficient (Wildman–Crippen LogP) is 0.202. The summed E-state index contributed by atoms with van der Waals surface area (Å²) < 4.78 is 0. The fourth-order valence-corrected chi connectivity index (χ4v) is 0.894. The molecule has 0 atom stereocenters. The van der Waals surface area contributed by atoms with Crippen LogP contribution in [0.1, 0.15) is 0 Å². The van der Waals surface area contributed by atoms with Crippen LogP contribution in [0.25, 0.3) is 0 Å². The molecule has 1 aromatic heterocycles. The normalized spacial score (nSPS) is 10.2. The number of hydrogen-bond donors (Lipinski definition) is 3. The van der Waals surface area contributed by atoms with Crippen LogP contribution < -0.4 is 0 Å². The summed E-state index contributed by atoms with van der Waals surface area (Å²) in [7, 11) is 0. The molecule has 2 aromatic rings. The van der Waals surface area contributed by atoms with E-state index in [1.54, 1.807) is 0 Å². The third kappa shape index (κ3) is 2.48. The average molecular weight is 224 g/mol. The van der Waals surface area contributed by atoms with Crippen molar-refractivity contribution in [3.05, 3.63) is 18.2 Å². The van der Waals surface area contributed by atoms with Gasteiger partial charge in [0.2, 0.25) is 0 Å². The molecule has 0 radical (unpaired) electrons. The molecule has 9 heteroatoms. The maximum atomic E-state index is 9.34. The van der Waals surface area contributed by atoms with Crippen LogP contribution in [-0.4, -0.2) is 36.3 Å². The molecular formula is C7H8N6O3. The summed E-state index contributed by atoms with van der Waals surface area (Å²) in [5.74, 6) is -0.171. The van der Waals surface area contributed by atoms with Crippen molar-refractivity contribution in [2.24, 2.45) is 10.2 Å². The van der Waals surface area contributed by atoms with Crippen LogP contribution in [0.2, 0.25) is 0 Å². The summed E-state index contributed by atoms with van der Waals surface area (Å²) in [4.78, 5) is 0. The zero-order chi connectivity index (χ0) is 10.7. The first-order valence-electron chi connectivity index (χ1n) is 3.93. The molecule has 9 nitrogen and oxygen atoms in total. The summed E-state index contributed by atoms with van der Waals surface area (Å²) >= 11 is 0. The Kier molecular flexibility index (Phi) is 3.45. The molecule has 0 saturated carbocycles. The molecule has 0 aliphatic heterocycles. The summed E-state index contributed by atoms with van der Waals surface area (Å²) in [5, 5.41) is 38.2. The standard InChI is InChI=1S/C7H6N6O2.H2O/c14-4-1-2-5(6(15)3-4)8-9-7-10-12-13-11-7;/h1-3,14-15H,(H,10,11,12,13);1H2. The summed E-state index contributed by atoms with van der Waals surface area (Å²) in [5.41, 5.74) is 0.206. The van der Waals surface area contributed by atoms with E-state index in [0.717, 1.165) is 6.07 Å². The Bertz CT molecular complexity index is 483. The second-order valence-electron chi connectivity index (χ2n) is 2.58. The van der Waals surface area contributed by atoms with Gasteiger partial charge in [-0.3, -0.25) is 0 Å². The number of aromatic nitrogens is 4. The highest BCUT2D eigenvalue weighted by molar-refractivity contribution is 5.53. The smallest absolute Gasteiger partial charge is 0.307 e. The molecule has 1 aromatic carbocycles. The molecule has 84 valence electrons. The number of aromatic amines is 1. The van der Waals surface area contributed by atoms with Gasteiger partial charge in [-0.25, -0.2) is 0 Å². The van der Waals surface area contributed by atoms with Gasteiger partial charge in [-0.1, -0.05) is 5.10 Å². The summed E-state index contributed by atoms with van der Waals surface area (Å²) in [6, 6.07) is 3.95. The van der Waals surface area contributed by atoms with Crippen LogP contribution in [-0.2, 0) is 0 Å². The molecule has 0 saturated heterocycles. The lowest BCUT2D eigenvalue weighted by Crippen LogP contribution is -1.69. The van der Waals surface area contributed by atoms with Crippen molar-refractivity contribution in [3.63, 3.8) is 0 Å². The van der Waals surface area contributed by atoms with Gasteiger partial charge in [-0.05, 0) is 17.3 Å². The van der Waals surface area contributed by atoms with E-state index in [4.69, 9.17) is 5.11 Å². The SMILES string of the molecule is O.Oc1ccc(N=Nc2nn[nH]n2)c(O)c1. The minimum absolute atomic E-state index is 0. The first kappa shape index (κ1) is 11.5. The van der Waals surface area contributed by atoms with Crippen molar-refractivity contribution in [2.45, 2.75) is 0 Å². The number of tetrazole rings is 1. The van der Waals surface area contributed by atoms with Crippen molar-refractivity contribution in [1.29, 1.82) is 0 Å². The van der Waals surface area contributed by atoms with E-state index < -0.39 is 0 Å². The Hall–Kier alpha value is -2.55. The maximum absolute atomic E-state index is 9.34. The fourth-order valence-electron chi connectivity index (χ4n) is 0.894. The molecule has 0 amide bonds. The Balaban J connectivity index is 0.00000128. The van der Waals surface area contributed by atoms with Gasteiger partial charge in [-0.15, -0.1) is 15.3 Å². The van der Waals surface area contributed by atoms with Gasteiger partial charge in [0.1, 0.15) is 17.2 Å². The first-order valence-corrected chi connectivity index (χ1v) is 3.93. The van der Waals surface area contributed by atoms with E-state index in [1.807, 2.05) is 0 Å². The van der Waals surface area contributed by atoms with Crippen molar-refractivity contribution in [1.82, 2.24) is 20.6 Å². The maximum Gasteiger partial charge on any atom is 0.307 e. The second kappa shape index (κ2) is 4.79. The number of aromatic hydroxyl groups is 2. The lowest BCUT2D eigenvalue weighted by molar-refractivity contribution is 0.451. The lowest BCUT2D eigenvalue weighted by Gasteiger charge is -1.96. The monoisotopic (exact) mass is 224 g/mol. The highest BCUT2D eigenvalue weighted by Crippen LogP contribution is 2.30. The highest BCUT2D eigenvalue weighted by Gasteiger charge is 2.01. The highest BCUT2D eigenvalue weighted by atomic mass is 16.3. The minimum Gasteiger partial charge on any atom is -0.508 e. The zero-order valence-electron chi connectivity index (χ0n) is 7.86. The van der Waals surface area contributed by atoms with E-state index >= 15 is 0 Å². The van der Waals surface area contributed by atoms with Gasteiger partial charge in [0, 0.05) is 6.07 Å². The number of phenolic OH excluding ortho intramolecular Hbond substituents is 2. The molecule has 0 aliphatic carbocycles. The van der Waals surface area contributed by atoms with Crippen molar-refractivity contribution >= 4 is 11.6 Å². The van der Waals surface area contributed by atoms with Gasteiger partial charge >= 0.3 is 5.95 Å². The number of H-pyrrole nitrogens is 1. The quantitative estimate of drug-likeness (QED) is 0.622. The predicted molar refractivity (Wildman–Crippen MR) is 51.7 cm³/mol. The summed E-state index contributed by atoms with van der Waals surface area (Å²) in [6.07, 6.45) is 0. The minimum atomic E-state index is -0.178. The Morgan fingerprint density at radius 2 is 2.00 bits per heavy atom. The van der Waals surface area contributed by atoms with E-state index in [9.17, 15) is 5.11 Å². The van der Waals surface area contributed by atoms with E-state index in [1.165, 1.54) is 12.1 Å². The number of nitrogens with zero attached hydrogens (tertiary/aromatic N) is 5. The van der Waals surface area contributed by atoms with Crippen molar-refractivity contribution in [2.75, 3.05) is 0 Å². The molecule has 0 unspecified atom stereocenters. The van der Waals surface area contributed by atoms with Gasteiger partial charge in [0.15, 0.2) is 0 Å². The van der Waals surface area contributed by atoms with Crippen LogP contribution in [0.5, 0.6) is 11.5 Å². The van der Waals surface area contributed by atoms with Gasteiger partial charge in [-0.2, -0.15) is 5.21 Å². The number of benzene rings is 1. The fraction of sp³-hybridized carbons (Fsp3) is 0. The number of nitrogens with one attached hydrogen (secondary N) is 1. The molecule has 0 aliphatic rings. The number of hydrogen-bond acceptors (Lipinski definition) is 7. The van der Waals surface area contributed by atoms with Crippen molar-refractivity contribution < 1.29 is 15.7 Å².